The van der Waals surface area contributed by atoms with Gasteiger partial charge in [-0.3, -0.25) is 19.8 Å². The van der Waals surface area contributed by atoms with Crippen LogP contribution in [0.2, 0.25) is 0 Å². The van der Waals surface area contributed by atoms with E-state index in [-0.39, 0.29) is 20.8 Å². The van der Waals surface area contributed by atoms with E-state index in [1.807, 2.05) is 5.48 Å². The zero-order valence-corrected chi connectivity index (χ0v) is 17.2. The molecule has 0 amide bonds. The lowest BCUT2D eigenvalue weighted by Crippen LogP contribution is -2.36. The maximum absolute atomic E-state index is 11.2. The molecular formula is C12H15IN5O10P. The lowest BCUT2D eigenvalue weighted by molar-refractivity contribution is -0.149. The van der Waals surface area contributed by atoms with E-state index in [1.54, 1.807) is 22.6 Å². The molecule has 1 fully saturated rings. The summed E-state index contributed by atoms with van der Waals surface area (Å²) in [6.45, 7) is -0.723. The Bertz CT molecular complexity index is 968. The van der Waals surface area contributed by atoms with Crippen LogP contribution in [0.4, 0.5) is 5.82 Å². The first-order valence-electron chi connectivity index (χ1n) is 7.76. The molecule has 1 saturated heterocycles. The van der Waals surface area contributed by atoms with Crippen LogP contribution in [0.5, 0.6) is 0 Å². The number of carbonyl (C=O) groups is 1. The smallest absolute Gasteiger partial charge is 0.365 e. The molecule has 1 unspecified atom stereocenters. The summed E-state index contributed by atoms with van der Waals surface area (Å²) >= 11 is 1.79. The van der Waals surface area contributed by atoms with E-state index < -0.39 is 50.6 Å². The molecule has 0 aliphatic carbocycles. The Labute approximate surface area is 174 Å². The van der Waals surface area contributed by atoms with Crippen molar-refractivity contribution in [1.82, 2.24) is 19.5 Å². The largest absolute Gasteiger partial charge is 0.479 e. The molecule has 29 heavy (non-hydrogen) atoms. The number of hydrogen-bond acceptors (Lipinski definition) is 11. The molecule has 3 heterocycles. The highest BCUT2D eigenvalue weighted by molar-refractivity contribution is 14.1. The third-order valence-electron chi connectivity index (χ3n) is 4.05. The minimum absolute atomic E-state index is 0.00277. The molecule has 17 heteroatoms. The van der Waals surface area contributed by atoms with Crippen LogP contribution >= 0.6 is 30.2 Å². The molecule has 0 aromatic carbocycles. The van der Waals surface area contributed by atoms with E-state index in [9.17, 15) is 19.6 Å². The minimum Gasteiger partial charge on any atom is -0.479 e. The molecule has 2 aromatic rings. The fraction of sp³-hybridized carbons (Fsp3) is 0.500. The molecule has 0 saturated carbocycles. The number of nitrogens with one attached hydrogen (secondary N) is 1. The minimum atomic E-state index is -5.12. The molecule has 1 aliphatic rings. The van der Waals surface area contributed by atoms with Crippen LogP contribution in [0.25, 0.3) is 11.2 Å². The monoisotopic (exact) mass is 547 g/mol. The quantitative estimate of drug-likeness (QED) is 0.0902. The van der Waals surface area contributed by atoms with Gasteiger partial charge in [-0.15, -0.1) is 0 Å². The molecule has 3 rings (SSSR count). The lowest BCUT2D eigenvalue weighted by Gasteiger charge is -2.19. The van der Waals surface area contributed by atoms with Crippen LogP contribution in [0.15, 0.2) is 6.33 Å². The highest BCUT2D eigenvalue weighted by atomic mass is 127. The molecule has 2 aromatic heterocycles. The average molecular weight is 547 g/mol. The van der Waals surface area contributed by atoms with Gasteiger partial charge in [0.2, 0.25) is 0 Å². The Hall–Kier alpha value is -1.50. The van der Waals surface area contributed by atoms with Crippen molar-refractivity contribution in [2.45, 2.75) is 30.4 Å². The first kappa shape index (κ1) is 22.2. The van der Waals surface area contributed by atoms with Crippen molar-refractivity contribution in [2.75, 3.05) is 12.1 Å². The molecule has 0 bridgehead atoms. The summed E-state index contributed by atoms with van der Waals surface area (Å²) < 4.78 is 22.9. The molecular weight excluding hydrogens is 532 g/mol. The van der Waals surface area contributed by atoms with Gasteiger partial charge >= 0.3 is 13.6 Å². The molecule has 0 radical (unpaired) electrons. The number of carboxylic acids is 1. The van der Waals surface area contributed by atoms with E-state index in [0.717, 1.165) is 0 Å². The zero-order valence-electron chi connectivity index (χ0n) is 14.1. The van der Waals surface area contributed by atoms with Gasteiger partial charge < -0.3 is 34.6 Å². The van der Waals surface area contributed by atoms with E-state index in [4.69, 9.17) is 29.6 Å². The van der Waals surface area contributed by atoms with Gasteiger partial charge in [0.1, 0.15) is 18.3 Å². The number of carboxylic acid groups (broad SMARTS) is 1. The van der Waals surface area contributed by atoms with Gasteiger partial charge in [0, 0.05) is 22.6 Å². The Morgan fingerprint density at radius 1 is 1.38 bits per heavy atom. The number of aliphatic hydroxyl groups excluding tert-OH is 2. The predicted octanol–water partition coefficient (Wildman–Crippen LogP) is -1.54. The fourth-order valence-corrected chi connectivity index (χ4v) is 3.79. The number of ether oxygens (including phenoxy) is 2. The van der Waals surface area contributed by atoms with Crippen molar-refractivity contribution in [3.05, 3.63) is 10.2 Å². The first-order chi connectivity index (χ1) is 13.5. The lowest BCUT2D eigenvalue weighted by atomic mass is 10.1. The van der Waals surface area contributed by atoms with Crippen LogP contribution in [0, 0.1) is 3.83 Å². The van der Waals surface area contributed by atoms with Gasteiger partial charge in [0.25, 0.3) is 5.85 Å². The van der Waals surface area contributed by atoms with Crippen molar-refractivity contribution in [3.8, 4) is 0 Å². The van der Waals surface area contributed by atoms with Crippen molar-refractivity contribution in [1.29, 1.82) is 0 Å². The highest BCUT2D eigenvalue weighted by Crippen LogP contribution is 2.42. The number of nitrogens with zero attached hydrogens (tertiary/aromatic N) is 4. The van der Waals surface area contributed by atoms with Crippen molar-refractivity contribution in [2.24, 2.45) is 0 Å². The second-order valence-electron chi connectivity index (χ2n) is 5.94. The zero-order chi connectivity index (χ0) is 21.5. The summed E-state index contributed by atoms with van der Waals surface area (Å²) in [6, 6.07) is 0. The number of halogens is 1. The second kappa shape index (κ2) is 8.32. The van der Waals surface area contributed by atoms with E-state index >= 15 is 0 Å². The highest BCUT2D eigenvalue weighted by Gasteiger charge is 2.46. The van der Waals surface area contributed by atoms with Crippen LogP contribution < -0.4 is 5.48 Å². The summed E-state index contributed by atoms with van der Waals surface area (Å²) in [5.41, 5.74) is 2.16. The Morgan fingerprint density at radius 3 is 2.66 bits per heavy atom. The van der Waals surface area contributed by atoms with E-state index in [0.29, 0.717) is 0 Å². The second-order valence-corrected chi connectivity index (χ2v) is 8.55. The Kier molecular flexibility index (Phi) is 6.37. The fourth-order valence-electron chi connectivity index (χ4n) is 2.75. The predicted molar refractivity (Wildman–Crippen MR) is 98.8 cm³/mol. The number of aromatic nitrogens is 4. The average Bonchev–Trinajstić information content (AvgIpc) is 3.15. The summed E-state index contributed by atoms with van der Waals surface area (Å²) in [4.78, 5) is 41.1. The number of rotatable bonds is 7. The number of imidazole rings is 1. The number of hydrogen-bond donors (Lipinski definition) is 7. The van der Waals surface area contributed by atoms with Gasteiger partial charge in [-0.2, -0.15) is 0 Å². The molecule has 1 aliphatic heterocycles. The number of anilines is 1. The van der Waals surface area contributed by atoms with Crippen LogP contribution in [-0.2, 0) is 18.8 Å². The maximum atomic E-state index is 11.2. The van der Waals surface area contributed by atoms with Gasteiger partial charge in [-0.05, 0) is 0 Å². The summed E-state index contributed by atoms with van der Waals surface area (Å²) in [5, 5.41) is 38.6. The summed E-state index contributed by atoms with van der Waals surface area (Å²) in [6.07, 6.45) is -4.43. The molecule has 160 valence electrons. The summed E-state index contributed by atoms with van der Waals surface area (Å²) in [5.74, 6) is -4.34. The van der Waals surface area contributed by atoms with Crippen LogP contribution in [0.1, 0.15) is 6.23 Å². The van der Waals surface area contributed by atoms with Crippen molar-refractivity contribution in [3.63, 3.8) is 0 Å². The molecule has 5 atom stereocenters. The molecule has 7 N–H and O–H groups in total. The third kappa shape index (κ3) is 4.35. The molecule has 0 spiro atoms. The van der Waals surface area contributed by atoms with Crippen molar-refractivity contribution >= 4 is 53.1 Å². The Balaban J connectivity index is 1.83. The topological polar surface area (TPSA) is 230 Å². The third-order valence-corrected chi connectivity index (χ3v) is 5.51. The van der Waals surface area contributed by atoms with Gasteiger partial charge in [-0.25, -0.2) is 19.7 Å². The van der Waals surface area contributed by atoms with E-state index in [2.05, 4.69) is 15.0 Å². The normalized spacial score (nSPS) is 26.0. The molecule has 15 nitrogen and oxygen atoms in total. The summed E-state index contributed by atoms with van der Waals surface area (Å²) in [7, 11) is -5.12. The van der Waals surface area contributed by atoms with Gasteiger partial charge in [0.15, 0.2) is 27.0 Å². The number of fused-ring (bicyclic) bond motifs is 1. The standard InChI is InChI=1S/C12H15IN5O10P/c13-12-15-7(17-23)4-8(16-12)18(2-14-4)9-6(20)5(19)3(28-9)1-27-11(10(21)22)29(24,25)26/h2-3,5-6,9,11,19-20,23H,1H2,(H,21,22)(H,15,16,17)(H2,24,25,26)/t3-,5+,6-,9-,11?/m1/s1. The van der Waals surface area contributed by atoms with Crippen LogP contribution in [-0.4, -0.2) is 86.6 Å². The Morgan fingerprint density at radius 2 is 2.07 bits per heavy atom. The SMILES string of the molecule is O=C(O)C(OC[C@H]1O[C@@H](n2cnc3c(NO)nc(I)nc32)[C@H](O)[C@H]1O)P(=O)(O)O. The van der Waals surface area contributed by atoms with Gasteiger partial charge in [-0.1, -0.05) is 0 Å². The van der Waals surface area contributed by atoms with Gasteiger partial charge in [0.05, 0.1) is 12.9 Å². The maximum Gasteiger partial charge on any atom is 0.365 e. The number of aliphatic hydroxyl groups is 2. The number of aliphatic carboxylic acids is 1. The van der Waals surface area contributed by atoms with E-state index in [1.165, 1.54) is 10.9 Å². The first-order valence-corrected chi connectivity index (χ1v) is 10.5. The van der Waals surface area contributed by atoms with Crippen LogP contribution in [0.3, 0.4) is 0 Å². The van der Waals surface area contributed by atoms with Crippen molar-refractivity contribution < 1.29 is 49.1 Å².